The second-order valence-electron chi connectivity index (χ2n) is 13.7. The van der Waals surface area contributed by atoms with Crippen LogP contribution in [-0.4, -0.2) is 21.9 Å². The molecule has 1 aromatic carbocycles. The minimum Gasteiger partial charge on any atom is -0.458 e. The number of benzene rings is 1. The third kappa shape index (κ3) is 7.70. The molecule has 0 N–H and O–H groups in total. The van der Waals surface area contributed by atoms with E-state index in [2.05, 4.69) is 65.5 Å². The van der Waals surface area contributed by atoms with Crippen LogP contribution in [0.3, 0.4) is 0 Å². The number of carbonyl (C=O) groups excluding carboxylic acids is 1. The second kappa shape index (κ2) is 13.4. The van der Waals surface area contributed by atoms with E-state index in [0.29, 0.717) is 54.3 Å². The lowest BCUT2D eigenvalue weighted by molar-refractivity contribution is -0.394. The van der Waals surface area contributed by atoms with Gasteiger partial charge in [0.1, 0.15) is 6.10 Å². The number of hydrogen-bond donors (Lipinski definition) is 0. The monoisotopic (exact) mass is 590 g/mol. The average Bonchev–Trinajstić information content (AvgIpc) is 3.33. The summed E-state index contributed by atoms with van der Waals surface area (Å²) in [5.74, 6) is 2.24. The van der Waals surface area contributed by atoms with E-state index in [0.717, 1.165) is 35.8 Å². The highest BCUT2D eigenvalue weighted by molar-refractivity contribution is 5.91. The molecule has 6 unspecified atom stereocenters. The molecule has 0 saturated heterocycles. The lowest BCUT2D eigenvalue weighted by Crippen LogP contribution is -2.27. The van der Waals surface area contributed by atoms with Gasteiger partial charge in [0, 0.05) is 18.6 Å². The minimum atomic E-state index is -0.798. The highest BCUT2D eigenvalue weighted by Crippen LogP contribution is 2.58. The van der Waals surface area contributed by atoms with E-state index in [1.54, 1.807) is 0 Å². The van der Waals surface area contributed by atoms with Crippen molar-refractivity contribution in [3.63, 3.8) is 0 Å². The Kier molecular flexibility index (Phi) is 10.1. The number of nitrogens with zero attached hydrogens (tertiary/aromatic N) is 2. The van der Waals surface area contributed by atoms with Gasteiger partial charge in [-0.2, -0.15) is 0 Å². The fraction of sp³-hybridized carbons (Fsp3) is 0.571. The molecule has 3 aliphatic rings. The van der Waals surface area contributed by atoms with Gasteiger partial charge in [0.15, 0.2) is 0 Å². The molecule has 8 heteroatoms. The quantitative estimate of drug-likeness (QED) is 0.123. The molecule has 6 atom stereocenters. The Bertz CT molecular complexity index is 1330. The first kappa shape index (κ1) is 32.4. The van der Waals surface area contributed by atoms with Crippen molar-refractivity contribution in [3.05, 3.63) is 91.6 Å². The maximum absolute atomic E-state index is 12.9. The minimum absolute atomic E-state index is 0.196. The summed E-state index contributed by atoms with van der Waals surface area (Å²) < 4.78 is 5.70. The van der Waals surface area contributed by atoms with Crippen LogP contribution in [0.5, 0.6) is 0 Å². The van der Waals surface area contributed by atoms with Gasteiger partial charge in [-0.15, -0.1) is 0 Å². The Morgan fingerprint density at radius 3 is 2.35 bits per heavy atom. The summed E-state index contributed by atoms with van der Waals surface area (Å²) in [4.78, 5) is 33.9. The van der Waals surface area contributed by atoms with E-state index in [-0.39, 0.29) is 5.56 Å². The maximum Gasteiger partial charge on any atom is 0.338 e. The Hall–Kier alpha value is -3.55. The van der Waals surface area contributed by atoms with E-state index < -0.39 is 33.3 Å². The number of hydrogen-bond acceptors (Lipinski definition) is 6. The number of nitro benzene ring substituents is 2. The lowest BCUT2D eigenvalue weighted by atomic mass is 9.67. The molecular weight excluding hydrogens is 544 g/mol. The normalized spacial score (nSPS) is 29.2. The molecule has 43 heavy (non-hydrogen) atoms. The van der Waals surface area contributed by atoms with Gasteiger partial charge in [-0.3, -0.25) is 20.2 Å². The van der Waals surface area contributed by atoms with Gasteiger partial charge >= 0.3 is 5.97 Å². The molecule has 3 aliphatic carbocycles. The number of esters is 1. The topological polar surface area (TPSA) is 113 Å². The summed E-state index contributed by atoms with van der Waals surface area (Å²) >= 11 is 0. The molecule has 0 bridgehead atoms. The molecular formula is C35H46N2O6. The molecule has 0 heterocycles. The Morgan fingerprint density at radius 1 is 1.05 bits per heavy atom. The summed E-state index contributed by atoms with van der Waals surface area (Å²) in [6.45, 7) is 15.9. The smallest absolute Gasteiger partial charge is 0.338 e. The van der Waals surface area contributed by atoms with E-state index in [4.69, 9.17) is 4.74 Å². The zero-order chi connectivity index (χ0) is 31.5. The number of rotatable bonds is 9. The first-order chi connectivity index (χ1) is 20.3. The van der Waals surface area contributed by atoms with Gasteiger partial charge in [-0.05, 0) is 85.5 Å². The Labute approximate surface area is 255 Å². The van der Waals surface area contributed by atoms with E-state index in [1.165, 1.54) is 31.3 Å². The molecule has 0 amide bonds. The highest BCUT2D eigenvalue weighted by atomic mass is 16.6. The molecule has 0 aromatic heterocycles. The van der Waals surface area contributed by atoms with Crippen molar-refractivity contribution >= 4 is 17.3 Å². The fourth-order valence-corrected chi connectivity index (χ4v) is 7.11. The third-order valence-corrected chi connectivity index (χ3v) is 10.3. The van der Waals surface area contributed by atoms with Gasteiger partial charge in [0.05, 0.1) is 21.5 Å². The van der Waals surface area contributed by atoms with Crippen molar-refractivity contribution in [3.8, 4) is 0 Å². The van der Waals surface area contributed by atoms with Gasteiger partial charge in [0.25, 0.3) is 11.4 Å². The predicted molar refractivity (Wildman–Crippen MR) is 169 cm³/mol. The van der Waals surface area contributed by atoms with Crippen molar-refractivity contribution in [2.45, 2.75) is 92.1 Å². The van der Waals surface area contributed by atoms with Crippen LogP contribution in [0.15, 0.2) is 65.8 Å². The molecule has 8 nitrogen and oxygen atoms in total. The third-order valence-electron chi connectivity index (χ3n) is 10.3. The van der Waals surface area contributed by atoms with Gasteiger partial charge in [-0.1, -0.05) is 76.6 Å². The number of non-ortho nitro benzene ring substituents is 2. The van der Waals surface area contributed by atoms with Crippen LogP contribution in [0.2, 0.25) is 0 Å². The van der Waals surface area contributed by atoms with E-state index >= 15 is 0 Å². The molecule has 0 spiro atoms. The summed E-state index contributed by atoms with van der Waals surface area (Å²) in [6, 6.07) is 2.88. The van der Waals surface area contributed by atoms with Crippen molar-refractivity contribution in [2.24, 2.45) is 35.0 Å². The van der Waals surface area contributed by atoms with Crippen LogP contribution in [0.25, 0.3) is 0 Å². The van der Waals surface area contributed by atoms with Gasteiger partial charge in [-0.25, -0.2) is 4.79 Å². The summed E-state index contributed by atoms with van der Waals surface area (Å²) in [5, 5.41) is 22.5. The molecule has 1 aromatic rings. The molecule has 3 saturated carbocycles. The molecule has 0 aliphatic heterocycles. The van der Waals surface area contributed by atoms with Crippen molar-refractivity contribution in [2.75, 3.05) is 0 Å². The summed E-state index contributed by atoms with van der Waals surface area (Å²) in [6.07, 6.45) is 16.6. The lowest BCUT2D eigenvalue weighted by Gasteiger charge is -2.38. The van der Waals surface area contributed by atoms with Crippen LogP contribution < -0.4 is 0 Å². The number of carbonyl (C=O) groups is 1. The molecule has 3 fully saturated rings. The summed E-state index contributed by atoms with van der Waals surface area (Å²) in [7, 11) is 0. The number of allylic oxidation sites excluding steroid dienone is 6. The first-order valence-electron chi connectivity index (χ1n) is 15.7. The van der Waals surface area contributed by atoms with Crippen LogP contribution in [0.1, 0.15) is 96.3 Å². The Morgan fingerprint density at radius 2 is 1.72 bits per heavy atom. The molecule has 232 valence electrons. The van der Waals surface area contributed by atoms with Gasteiger partial charge in [0.2, 0.25) is 0 Å². The number of ether oxygens (including phenoxy) is 1. The zero-order valence-corrected chi connectivity index (χ0v) is 26.2. The highest BCUT2D eigenvalue weighted by Gasteiger charge is 2.47. The van der Waals surface area contributed by atoms with Crippen LogP contribution in [0, 0.1) is 55.2 Å². The molecule has 0 radical (unpaired) electrons. The fourth-order valence-electron chi connectivity index (χ4n) is 7.11. The first-order valence-corrected chi connectivity index (χ1v) is 15.7. The van der Waals surface area contributed by atoms with Gasteiger partial charge < -0.3 is 4.74 Å². The van der Waals surface area contributed by atoms with Crippen molar-refractivity contribution in [1.29, 1.82) is 0 Å². The SMILES string of the molecule is C=C1CCC(OC(=O)c2cc([N+](=O)[O-])cc([N+](=O)[O-])c2)CC1=CC=C1CCCC2(C)CC(C(C)C=CC(C)C(C)C)CC12. The van der Waals surface area contributed by atoms with E-state index in [9.17, 15) is 25.0 Å². The van der Waals surface area contributed by atoms with E-state index in [1.807, 2.05) is 0 Å². The largest absolute Gasteiger partial charge is 0.458 e. The van der Waals surface area contributed by atoms with Crippen molar-refractivity contribution < 1.29 is 19.4 Å². The van der Waals surface area contributed by atoms with Crippen LogP contribution >= 0.6 is 0 Å². The van der Waals surface area contributed by atoms with Crippen LogP contribution in [-0.2, 0) is 4.74 Å². The summed E-state index contributed by atoms with van der Waals surface area (Å²) in [5.41, 5.74) is 2.66. The standard InChI is InChI=1S/C35H46N2O6/c1-22(2)23(3)9-10-25(5)29-19-33-26(8-7-15-35(33,6)21-29)12-13-27-18-32(14-11-24(27)4)43-34(38)28-16-30(36(39)40)20-31(17-28)37(41)42/h9-10,12-13,16-17,20,22-23,25,29,32-33H,4,7-8,11,14-15,18-19,21H2,1-3,5-6H3. The second-order valence-corrected chi connectivity index (χ2v) is 13.7. The predicted octanol–water partition coefficient (Wildman–Crippen LogP) is 9.32. The number of fused-ring (bicyclic) bond motifs is 1. The van der Waals surface area contributed by atoms with Crippen LogP contribution in [0.4, 0.5) is 11.4 Å². The van der Waals surface area contributed by atoms with Crippen molar-refractivity contribution in [1.82, 2.24) is 0 Å². The Balaban J connectivity index is 1.46. The maximum atomic E-state index is 12.9. The number of nitro groups is 2. The zero-order valence-electron chi connectivity index (χ0n) is 26.2. The molecule has 4 rings (SSSR count). The average molecular weight is 591 g/mol.